The van der Waals surface area contributed by atoms with Crippen molar-refractivity contribution < 1.29 is 135 Å². The lowest BCUT2D eigenvalue weighted by atomic mass is 9.40. The molecule has 476 valence electrons. The molecular weight excluding hydrogens is 1130 g/mol. The Bertz CT molecular complexity index is 2510. The highest BCUT2D eigenvalue weighted by Gasteiger charge is 2.87. The first-order chi connectivity index (χ1) is 38.5. The van der Waals surface area contributed by atoms with Crippen molar-refractivity contribution in [1.82, 2.24) is 0 Å². The van der Waals surface area contributed by atoms with Gasteiger partial charge in [-0.3, -0.25) is 13.8 Å². The summed E-state index contributed by atoms with van der Waals surface area (Å²) in [5.41, 5.74) is -8.81. The number of methoxy groups -OCH3 is 1. The average molecular weight is 1210 g/mol. The van der Waals surface area contributed by atoms with Crippen molar-refractivity contribution in [3.05, 3.63) is 11.6 Å². The van der Waals surface area contributed by atoms with Crippen molar-refractivity contribution in [2.45, 2.75) is 252 Å². The van der Waals surface area contributed by atoms with E-state index in [1.165, 1.54) is 21.0 Å². The van der Waals surface area contributed by atoms with E-state index < -0.39 is 209 Å². The molecule has 0 radical (unpaired) electrons. The van der Waals surface area contributed by atoms with E-state index in [0.29, 0.717) is 25.7 Å². The predicted octanol–water partition coefficient (Wildman–Crippen LogP) is -3.44. The minimum atomic E-state index is -5.46. The first-order valence-electron chi connectivity index (χ1n) is 28.5. The number of allylic oxidation sites excluding steroid dienone is 1. The van der Waals surface area contributed by atoms with E-state index >= 15 is 0 Å². The third kappa shape index (κ3) is 10.6. The number of Topliss-reactive ketones (excluding diaryl/α,β-unsaturated/α-hetero) is 1. The number of aliphatic hydroxyl groups excluding tert-OH is 10. The molecule has 3 saturated carbocycles. The molecule has 8 fully saturated rings. The molecule has 1 spiro atoms. The highest BCUT2D eigenvalue weighted by molar-refractivity contribution is 7.80. The van der Waals surface area contributed by atoms with Crippen LogP contribution in [-0.2, 0) is 71.5 Å². The van der Waals surface area contributed by atoms with Gasteiger partial charge in [0.25, 0.3) is 0 Å². The van der Waals surface area contributed by atoms with Gasteiger partial charge in [-0.1, -0.05) is 39.3 Å². The predicted molar refractivity (Wildman–Crippen MR) is 274 cm³/mol. The molecule has 28 atom stereocenters. The Morgan fingerprint density at radius 1 is 0.735 bits per heavy atom. The number of aliphatic hydroxyl groups is 12. The summed E-state index contributed by atoms with van der Waals surface area (Å²) in [5.74, 6) is -1.97. The highest BCUT2D eigenvalue weighted by atomic mass is 32.3. The van der Waals surface area contributed by atoms with Gasteiger partial charge < -0.3 is 113 Å². The number of carbonyl (C=O) groups excluding carboxylic acids is 2. The largest absolute Gasteiger partial charge is 0.726 e. The van der Waals surface area contributed by atoms with Gasteiger partial charge in [-0.05, 0) is 101 Å². The van der Waals surface area contributed by atoms with Crippen LogP contribution < -0.4 is 0 Å². The lowest BCUT2D eigenvalue weighted by Gasteiger charge is -2.64. The summed E-state index contributed by atoms with van der Waals surface area (Å²) in [6.45, 7) is 11.4. The van der Waals surface area contributed by atoms with Gasteiger partial charge in [-0.15, -0.1) is 0 Å². The lowest BCUT2D eigenvalue weighted by molar-refractivity contribution is -0.389. The summed E-state index contributed by atoms with van der Waals surface area (Å²) >= 11 is 0. The second-order valence-corrected chi connectivity index (χ2v) is 27.2. The van der Waals surface area contributed by atoms with Crippen LogP contribution in [0.1, 0.15) is 107 Å². The third-order valence-corrected chi connectivity index (χ3v) is 21.2. The van der Waals surface area contributed by atoms with Gasteiger partial charge in [-0.2, -0.15) is 0 Å². The zero-order chi connectivity index (χ0) is 61.3. The molecule has 0 bridgehead atoms. The monoisotopic (exact) mass is 1210 g/mol. The molecule has 0 aromatic heterocycles. The van der Waals surface area contributed by atoms with E-state index in [-0.39, 0.29) is 37.5 Å². The van der Waals surface area contributed by atoms with Crippen molar-refractivity contribution >= 4 is 22.2 Å². The van der Waals surface area contributed by atoms with E-state index in [4.69, 9.17) is 47.4 Å². The standard InChI is InChI=1S/C54H86O28S/c1-22-39(78-45-38(65)41(33(60)26(20-56)76-45)79-44-37(64)40(72-9)32(59)25(19-55)75-44)35(62)36(63)43(74-22)80-42-34(61)27(82-83(69,70)71)21-73-46(42)77-31-13-15-50(6)24-18-30(58)54-47(66)81-52(8,29(57)12-14-48(2,3)67)53(54,68)17-16-51(54,7)23(24)10-11-28(50)49(31,4)5/h18,22-23,25-28,30-46,55-56,58-65,67-68H,10-17,19-21H2,1-9H3,(H,69,70,71)/p-1/t22-,23-,25-,26-,27-,28+,30+,31+,32-,33-,34+,35-,36-,37-,38-,39-,40+,41+,42-,43+,44+,45+,46+,50-,51+,52+,53+,54?/m1/s1. The molecule has 29 heteroatoms. The Kier molecular flexibility index (Phi) is 18.2. The van der Waals surface area contributed by atoms with Gasteiger partial charge in [0, 0.05) is 13.5 Å². The average Bonchev–Trinajstić information content (AvgIpc) is 1.51. The summed E-state index contributed by atoms with van der Waals surface area (Å²) in [6.07, 6.45) is -31.6. The number of fused-ring (bicyclic) bond motifs is 4. The molecule has 9 rings (SSSR count). The fraction of sp³-hybridized carbons (Fsp3) is 0.926. The number of hydrogen-bond donors (Lipinski definition) is 12. The number of ketones is 1. The maximum absolute atomic E-state index is 14.5. The molecule has 5 aliphatic heterocycles. The van der Waals surface area contributed by atoms with Crippen LogP contribution in [0.3, 0.4) is 0 Å². The zero-order valence-electron chi connectivity index (χ0n) is 47.9. The maximum Gasteiger partial charge on any atom is 0.319 e. The van der Waals surface area contributed by atoms with Crippen LogP contribution in [0, 0.1) is 33.5 Å². The maximum atomic E-state index is 14.5. The van der Waals surface area contributed by atoms with Crippen LogP contribution in [0.4, 0.5) is 0 Å². The van der Waals surface area contributed by atoms with Gasteiger partial charge in [0.05, 0.1) is 43.7 Å². The first kappa shape index (κ1) is 65.4. The highest BCUT2D eigenvalue weighted by Crippen LogP contribution is 2.77. The van der Waals surface area contributed by atoms with Crippen molar-refractivity contribution in [3.63, 3.8) is 0 Å². The van der Waals surface area contributed by atoms with Crippen LogP contribution in [0.2, 0.25) is 0 Å². The lowest BCUT2D eigenvalue weighted by Crippen LogP contribution is -2.69. The number of carbonyl (C=O) groups is 2. The number of ether oxygens (including phenoxy) is 10. The summed E-state index contributed by atoms with van der Waals surface area (Å²) < 4.78 is 99.2. The van der Waals surface area contributed by atoms with Gasteiger partial charge in [0.2, 0.25) is 10.4 Å². The van der Waals surface area contributed by atoms with Crippen LogP contribution in [-0.4, -0.2) is 259 Å². The van der Waals surface area contributed by atoms with Gasteiger partial charge in [-0.25, -0.2) is 8.42 Å². The number of rotatable bonds is 17. The molecule has 1 unspecified atom stereocenters. The minimum absolute atomic E-state index is 0.00954. The summed E-state index contributed by atoms with van der Waals surface area (Å²) in [4.78, 5) is 28.5. The molecule has 0 aromatic carbocycles. The normalized spacial score (nSPS) is 50.8. The van der Waals surface area contributed by atoms with Gasteiger partial charge in [0.15, 0.2) is 36.5 Å². The Labute approximate surface area is 480 Å². The Balaban J connectivity index is 0.916. The number of hydrogen-bond acceptors (Lipinski definition) is 28. The fourth-order valence-electron chi connectivity index (χ4n) is 16.2. The van der Waals surface area contributed by atoms with E-state index in [1.54, 1.807) is 19.9 Å². The molecule has 12 N–H and O–H groups in total. The van der Waals surface area contributed by atoms with Crippen molar-refractivity contribution in [2.75, 3.05) is 26.9 Å². The molecule has 5 saturated heterocycles. The summed E-state index contributed by atoms with van der Waals surface area (Å²) in [5, 5.41) is 135. The van der Waals surface area contributed by atoms with E-state index in [1.807, 2.05) is 20.8 Å². The molecule has 5 heterocycles. The molecular formula is C54H85O28S-. The smallest absolute Gasteiger partial charge is 0.319 e. The molecule has 28 nitrogen and oxygen atoms in total. The van der Waals surface area contributed by atoms with Crippen molar-refractivity contribution in [1.29, 1.82) is 0 Å². The molecule has 0 aromatic rings. The SMILES string of the molecule is CO[C@@H]1[C@@H](O)[C@H](O[C@@H]2[C@@H](O)[C@H](O[C@H]3[C@H](O)[C@@H](O)[C@H](O[C@H]4[C@H](O[C@H]5CC[C@]6(C)C7=C[C@H](O)C89C(=O)O[C@@](C)(C(=O)CCC(C)(C)O)[C@@]8(O)CC[C@@]9(C)[C@@H]7CC[C@H]6C5(C)C)OC[C@@H](OS(=O)(=O)[O-])[C@@H]4O)O[C@@H]3C)O[C@H](CO)[C@H]2O)O[C@H](CO)[C@H]1O. The fourth-order valence-corrected chi connectivity index (χ4v) is 16.7. The topological polar surface area (TPSA) is 436 Å². The Hall–Kier alpha value is -2.09. The van der Waals surface area contributed by atoms with E-state index in [2.05, 4.69) is 11.1 Å². The summed E-state index contributed by atoms with van der Waals surface area (Å²) in [6, 6.07) is 0. The second-order valence-electron chi connectivity index (χ2n) is 26.2. The molecule has 4 aliphatic carbocycles. The van der Waals surface area contributed by atoms with Crippen LogP contribution in [0.25, 0.3) is 0 Å². The number of esters is 1. The van der Waals surface area contributed by atoms with E-state index in [9.17, 15) is 83.8 Å². The Morgan fingerprint density at radius 3 is 1.90 bits per heavy atom. The minimum Gasteiger partial charge on any atom is -0.726 e. The summed E-state index contributed by atoms with van der Waals surface area (Å²) in [7, 11) is -4.30. The first-order valence-corrected chi connectivity index (χ1v) is 29.8. The van der Waals surface area contributed by atoms with Crippen LogP contribution in [0.15, 0.2) is 11.6 Å². The van der Waals surface area contributed by atoms with Crippen LogP contribution in [0.5, 0.6) is 0 Å². The molecule has 9 aliphatic rings. The molecule has 83 heavy (non-hydrogen) atoms. The molecule has 0 amide bonds. The second kappa shape index (κ2) is 23.1. The number of cyclic esters (lactones) is 1. The van der Waals surface area contributed by atoms with E-state index in [0.717, 1.165) is 5.57 Å². The Morgan fingerprint density at radius 2 is 1.31 bits per heavy atom. The zero-order valence-corrected chi connectivity index (χ0v) is 48.8. The van der Waals surface area contributed by atoms with Gasteiger partial charge >= 0.3 is 5.97 Å². The quantitative estimate of drug-likeness (QED) is 0.0222. The van der Waals surface area contributed by atoms with Crippen LogP contribution >= 0.6 is 0 Å². The third-order valence-electron chi connectivity index (χ3n) is 20.7. The van der Waals surface area contributed by atoms with Gasteiger partial charge in [0.1, 0.15) is 96.5 Å². The van der Waals surface area contributed by atoms with Crippen molar-refractivity contribution in [3.8, 4) is 0 Å². The van der Waals surface area contributed by atoms with Crippen molar-refractivity contribution in [2.24, 2.45) is 33.5 Å².